The van der Waals surface area contributed by atoms with Crippen molar-refractivity contribution in [1.82, 2.24) is 10.1 Å². The van der Waals surface area contributed by atoms with E-state index in [9.17, 15) is 9.50 Å². The van der Waals surface area contributed by atoms with E-state index in [1.54, 1.807) is 0 Å². The lowest BCUT2D eigenvalue weighted by molar-refractivity contribution is 0.153. The van der Waals surface area contributed by atoms with Crippen LogP contribution in [0.5, 0.6) is 5.75 Å². The molecule has 0 aliphatic carbocycles. The topological polar surface area (TPSA) is 68.4 Å². The summed E-state index contributed by atoms with van der Waals surface area (Å²) in [5.74, 6) is 0.104. The Morgan fingerprint density at radius 3 is 2.95 bits per heavy atom. The van der Waals surface area contributed by atoms with Crippen LogP contribution in [0, 0.1) is 5.82 Å². The summed E-state index contributed by atoms with van der Waals surface area (Å²) in [6.45, 7) is 1.95. The van der Waals surface area contributed by atoms with Crippen LogP contribution in [-0.4, -0.2) is 22.4 Å². The molecule has 19 heavy (non-hydrogen) atoms. The predicted octanol–water partition coefficient (Wildman–Crippen LogP) is 2.72. The van der Waals surface area contributed by atoms with Crippen molar-refractivity contribution in [3.8, 4) is 17.2 Å². The molecule has 0 spiro atoms. The van der Waals surface area contributed by atoms with Gasteiger partial charge in [-0.05, 0) is 24.6 Å². The summed E-state index contributed by atoms with van der Waals surface area (Å²) in [6.07, 6.45) is 0.631. The standard InChI is InChI=1S/C13H15FN2O3/c1-3-4-10(17)12-15-13(19-16-12)8-5-6-9(14)11(7-8)18-2/h5-7,10,17H,3-4H2,1-2H3. The molecule has 102 valence electrons. The molecule has 0 bridgehead atoms. The highest BCUT2D eigenvalue weighted by Crippen LogP contribution is 2.26. The van der Waals surface area contributed by atoms with Gasteiger partial charge in [-0.15, -0.1) is 0 Å². The zero-order valence-electron chi connectivity index (χ0n) is 10.8. The molecule has 1 atom stereocenters. The molecule has 5 nitrogen and oxygen atoms in total. The Balaban J connectivity index is 2.27. The first-order valence-corrected chi connectivity index (χ1v) is 6.01. The van der Waals surface area contributed by atoms with Gasteiger partial charge >= 0.3 is 0 Å². The molecular formula is C13H15FN2O3. The second-order valence-corrected chi connectivity index (χ2v) is 4.11. The van der Waals surface area contributed by atoms with E-state index in [1.165, 1.54) is 25.3 Å². The fraction of sp³-hybridized carbons (Fsp3) is 0.385. The van der Waals surface area contributed by atoms with E-state index in [4.69, 9.17) is 9.26 Å². The second kappa shape index (κ2) is 5.79. The summed E-state index contributed by atoms with van der Waals surface area (Å²) in [5, 5.41) is 13.5. The Kier molecular flexibility index (Phi) is 4.11. The number of halogens is 1. The van der Waals surface area contributed by atoms with E-state index in [0.717, 1.165) is 6.42 Å². The molecule has 2 rings (SSSR count). The van der Waals surface area contributed by atoms with Gasteiger partial charge in [0.25, 0.3) is 5.89 Å². The van der Waals surface area contributed by atoms with Crippen molar-refractivity contribution in [2.45, 2.75) is 25.9 Å². The fourth-order valence-corrected chi connectivity index (χ4v) is 1.68. The number of hydrogen-bond acceptors (Lipinski definition) is 5. The number of ether oxygens (including phenoxy) is 1. The molecule has 0 aliphatic heterocycles. The number of benzene rings is 1. The number of rotatable bonds is 5. The van der Waals surface area contributed by atoms with Gasteiger partial charge in [-0.1, -0.05) is 18.5 Å². The van der Waals surface area contributed by atoms with E-state index in [0.29, 0.717) is 12.0 Å². The van der Waals surface area contributed by atoms with E-state index < -0.39 is 11.9 Å². The second-order valence-electron chi connectivity index (χ2n) is 4.11. The van der Waals surface area contributed by atoms with Crippen molar-refractivity contribution in [2.75, 3.05) is 7.11 Å². The molecule has 0 radical (unpaired) electrons. The average molecular weight is 266 g/mol. The van der Waals surface area contributed by atoms with Gasteiger partial charge < -0.3 is 14.4 Å². The smallest absolute Gasteiger partial charge is 0.258 e. The number of aliphatic hydroxyl groups excluding tert-OH is 1. The summed E-state index contributed by atoms with van der Waals surface area (Å²) in [4.78, 5) is 4.10. The van der Waals surface area contributed by atoms with Gasteiger partial charge in [0.1, 0.15) is 6.10 Å². The number of nitrogens with zero attached hydrogens (tertiary/aromatic N) is 2. The Labute approximate surface area is 110 Å². The molecule has 0 aliphatic rings. The minimum absolute atomic E-state index is 0.103. The van der Waals surface area contributed by atoms with E-state index >= 15 is 0 Å². The van der Waals surface area contributed by atoms with E-state index in [2.05, 4.69) is 10.1 Å². The SMILES string of the molecule is CCCC(O)c1noc(-c2ccc(F)c(OC)c2)n1. The first-order chi connectivity index (χ1) is 9.15. The maximum Gasteiger partial charge on any atom is 0.258 e. The summed E-state index contributed by atoms with van der Waals surface area (Å²) >= 11 is 0. The largest absolute Gasteiger partial charge is 0.494 e. The summed E-state index contributed by atoms with van der Waals surface area (Å²) in [5.41, 5.74) is 0.542. The van der Waals surface area contributed by atoms with Crippen LogP contribution < -0.4 is 4.74 Å². The monoisotopic (exact) mass is 266 g/mol. The van der Waals surface area contributed by atoms with Crippen molar-refractivity contribution in [2.24, 2.45) is 0 Å². The van der Waals surface area contributed by atoms with Crippen molar-refractivity contribution >= 4 is 0 Å². The van der Waals surface area contributed by atoms with Gasteiger partial charge in [0.15, 0.2) is 11.6 Å². The van der Waals surface area contributed by atoms with Crippen LogP contribution in [-0.2, 0) is 0 Å². The lowest BCUT2D eigenvalue weighted by Gasteiger charge is -2.02. The molecule has 0 amide bonds. The molecule has 0 saturated heterocycles. The van der Waals surface area contributed by atoms with Crippen molar-refractivity contribution in [3.05, 3.63) is 29.8 Å². The summed E-state index contributed by atoms with van der Waals surface area (Å²) in [6, 6.07) is 4.25. The van der Waals surface area contributed by atoms with Crippen LogP contribution in [0.3, 0.4) is 0 Å². The maximum atomic E-state index is 13.3. The lowest BCUT2D eigenvalue weighted by Crippen LogP contribution is -1.98. The molecule has 1 unspecified atom stereocenters. The quantitative estimate of drug-likeness (QED) is 0.901. The molecule has 1 aromatic heterocycles. The van der Waals surface area contributed by atoms with Crippen LogP contribution in [0.15, 0.2) is 22.7 Å². The number of hydrogen-bond donors (Lipinski definition) is 1. The Morgan fingerprint density at radius 2 is 2.26 bits per heavy atom. The minimum Gasteiger partial charge on any atom is -0.494 e. The van der Waals surface area contributed by atoms with Crippen LogP contribution in [0.25, 0.3) is 11.5 Å². The normalized spacial score (nSPS) is 12.4. The molecule has 2 aromatic rings. The highest BCUT2D eigenvalue weighted by Gasteiger charge is 2.16. The third kappa shape index (κ3) is 2.90. The number of aliphatic hydroxyl groups is 1. The third-order valence-electron chi connectivity index (χ3n) is 2.70. The predicted molar refractivity (Wildman–Crippen MR) is 66.1 cm³/mol. The fourth-order valence-electron chi connectivity index (χ4n) is 1.68. The lowest BCUT2D eigenvalue weighted by atomic mass is 10.2. The van der Waals surface area contributed by atoms with Gasteiger partial charge in [-0.25, -0.2) is 4.39 Å². The van der Waals surface area contributed by atoms with Crippen LogP contribution in [0.4, 0.5) is 4.39 Å². The van der Waals surface area contributed by atoms with E-state index in [1.807, 2.05) is 6.92 Å². The zero-order chi connectivity index (χ0) is 13.8. The summed E-state index contributed by atoms with van der Waals surface area (Å²) in [7, 11) is 1.38. The molecule has 0 fully saturated rings. The van der Waals surface area contributed by atoms with Crippen LogP contribution >= 0.6 is 0 Å². The number of methoxy groups -OCH3 is 1. The number of aromatic nitrogens is 2. The molecular weight excluding hydrogens is 251 g/mol. The Morgan fingerprint density at radius 1 is 1.47 bits per heavy atom. The Hall–Kier alpha value is -1.95. The van der Waals surface area contributed by atoms with Crippen LogP contribution in [0.2, 0.25) is 0 Å². The zero-order valence-corrected chi connectivity index (χ0v) is 10.8. The van der Waals surface area contributed by atoms with Gasteiger partial charge in [0.05, 0.1) is 7.11 Å². The van der Waals surface area contributed by atoms with Gasteiger partial charge in [-0.2, -0.15) is 4.98 Å². The van der Waals surface area contributed by atoms with Crippen LogP contribution in [0.1, 0.15) is 31.7 Å². The van der Waals surface area contributed by atoms with E-state index in [-0.39, 0.29) is 17.5 Å². The molecule has 0 saturated carbocycles. The molecule has 1 aromatic carbocycles. The van der Waals surface area contributed by atoms with Crippen molar-refractivity contribution < 1.29 is 18.8 Å². The highest BCUT2D eigenvalue weighted by atomic mass is 19.1. The average Bonchev–Trinajstić information content (AvgIpc) is 2.89. The first-order valence-electron chi connectivity index (χ1n) is 6.01. The Bertz CT molecular complexity index is 557. The molecule has 6 heteroatoms. The molecule has 1 N–H and O–H groups in total. The van der Waals surface area contributed by atoms with Crippen molar-refractivity contribution in [3.63, 3.8) is 0 Å². The van der Waals surface area contributed by atoms with Gasteiger partial charge in [0, 0.05) is 5.56 Å². The van der Waals surface area contributed by atoms with Crippen molar-refractivity contribution in [1.29, 1.82) is 0 Å². The third-order valence-corrected chi connectivity index (χ3v) is 2.70. The van der Waals surface area contributed by atoms with Gasteiger partial charge in [0.2, 0.25) is 5.82 Å². The highest BCUT2D eigenvalue weighted by molar-refractivity contribution is 5.56. The summed E-state index contributed by atoms with van der Waals surface area (Å²) < 4.78 is 23.2. The van der Waals surface area contributed by atoms with Gasteiger partial charge in [-0.3, -0.25) is 0 Å². The minimum atomic E-state index is -0.746. The molecule has 1 heterocycles. The first kappa shape index (κ1) is 13.5. The maximum absolute atomic E-state index is 13.3.